The van der Waals surface area contributed by atoms with Gasteiger partial charge >= 0.3 is 5.97 Å². The van der Waals surface area contributed by atoms with E-state index in [9.17, 15) is 9.59 Å². The van der Waals surface area contributed by atoms with Crippen LogP contribution in [-0.4, -0.2) is 24.5 Å². The number of anilines is 1. The minimum Gasteiger partial charge on any atom is -0.449 e. The maximum absolute atomic E-state index is 12.1. The second-order valence-corrected chi connectivity index (χ2v) is 6.94. The van der Waals surface area contributed by atoms with Crippen LogP contribution in [0, 0.1) is 5.92 Å². The summed E-state index contributed by atoms with van der Waals surface area (Å²) in [5, 5.41) is 2.88. The fraction of sp³-hybridized carbons (Fsp3) is 0.529. The van der Waals surface area contributed by atoms with E-state index in [0.717, 1.165) is 17.3 Å². The lowest BCUT2D eigenvalue weighted by atomic mass is 9.89. The standard InChI is InChI=1S/C17H23BrN2O3/c1-11(16(21)20-10-12-5-3-2-4-6-12)23-17(22)14-9-13(18)7-8-15(14)19/h7-9,11-12H,2-6,10,19H2,1H3,(H,20,21)/t11-/m0/s1. The second kappa shape index (κ2) is 8.34. The number of hydrogen-bond donors (Lipinski definition) is 2. The SMILES string of the molecule is C[C@H](OC(=O)c1cc(Br)ccc1N)C(=O)NCC1CCCCC1. The van der Waals surface area contributed by atoms with Gasteiger partial charge in [-0.3, -0.25) is 4.79 Å². The Morgan fingerprint density at radius 1 is 1.35 bits per heavy atom. The van der Waals surface area contributed by atoms with Gasteiger partial charge in [-0.2, -0.15) is 0 Å². The highest BCUT2D eigenvalue weighted by molar-refractivity contribution is 9.10. The van der Waals surface area contributed by atoms with Gasteiger partial charge in [-0.25, -0.2) is 4.79 Å². The first-order chi connectivity index (χ1) is 11.0. The Bertz CT molecular complexity index is 571. The van der Waals surface area contributed by atoms with Gasteiger partial charge in [0.15, 0.2) is 6.10 Å². The Kier molecular flexibility index (Phi) is 6.45. The van der Waals surface area contributed by atoms with Crippen molar-refractivity contribution in [2.75, 3.05) is 12.3 Å². The van der Waals surface area contributed by atoms with Crippen molar-refractivity contribution in [2.45, 2.75) is 45.1 Å². The number of amides is 1. The van der Waals surface area contributed by atoms with Crippen molar-refractivity contribution < 1.29 is 14.3 Å². The van der Waals surface area contributed by atoms with Crippen molar-refractivity contribution >= 4 is 33.5 Å². The van der Waals surface area contributed by atoms with Crippen LogP contribution in [0.25, 0.3) is 0 Å². The van der Waals surface area contributed by atoms with Gasteiger partial charge in [0, 0.05) is 16.7 Å². The number of nitrogens with two attached hydrogens (primary N) is 1. The number of carbonyl (C=O) groups excluding carboxylic acids is 2. The normalized spacial score (nSPS) is 16.6. The summed E-state index contributed by atoms with van der Waals surface area (Å²) in [6, 6.07) is 4.95. The van der Waals surface area contributed by atoms with E-state index in [2.05, 4.69) is 21.2 Å². The van der Waals surface area contributed by atoms with Crippen LogP contribution in [0.1, 0.15) is 49.4 Å². The van der Waals surface area contributed by atoms with Crippen LogP contribution in [0.2, 0.25) is 0 Å². The number of carbonyl (C=O) groups is 2. The third kappa shape index (κ3) is 5.23. The average Bonchev–Trinajstić information content (AvgIpc) is 2.55. The molecule has 0 spiro atoms. The minimum atomic E-state index is -0.843. The molecule has 3 N–H and O–H groups in total. The molecule has 1 saturated carbocycles. The second-order valence-electron chi connectivity index (χ2n) is 6.03. The number of nitrogens with one attached hydrogen (secondary N) is 1. The largest absolute Gasteiger partial charge is 0.449 e. The molecule has 0 saturated heterocycles. The van der Waals surface area contributed by atoms with Crippen molar-refractivity contribution in [3.8, 4) is 0 Å². The predicted molar refractivity (Wildman–Crippen MR) is 93.0 cm³/mol. The fourth-order valence-electron chi connectivity index (χ4n) is 2.76. The molecule has 1 amide bonds. The first-order valence-electron chi connectivity index (χ1n) is 8.01. The van der Waals surface area contributed by atoms with Crippen molar-refractivity contribution in [1.82, 2.24) is 5.32 Å². The zero-order valence-electron chi connectivity index (χ0n) is 13.3. The maximum atomic E-state index is 12.1. The molecule has 2 rings (SSSR count). The molecule has 1 fully saturated rings. The lowest BCUT2D eigenvalue weighted by Crippen LogP contribution is -2.38. The molecule has 0 radical (unpaired) electrons. The van der Waals surface area contributed by atoms with Crippen LogP contribution in [0.5, 0.6) is 0 Å². The van der Waals surface area contributed by atoms with E-state index in [-0.39, 0.29) is 11.5 Å². The van der Waals surface area contributed by atoms with Gasteiger partial charge in [0.05, 0.1) is 5.56 Å². The Balaban J connectivity index is 1.84. The van der Waals surface area contributed by atoms with Crippen LogP contribution < -0.4 is 11.1 Å². The molecule has 0 aromatic heterocycles. The summed E-state index contributed by atoms with van der Waals surface area (Å²) < 4.78 is 5.95. The van der Waals surface area contributed by atoms with Crippen LogP contribution in [0.15, 0.2) is 22.7 Å². The van der Waals surface area contributed by atoms with Crippen LogP contribution >= 0.6 is 15.9 Å². The Morgan fingerprint density at radius 2 is 2.04 bits per heavy atom. The maximum Gasteiger partial charge on any atom is 0.341 e. The number of esters is 1. The topological polar surface area (TPSA) is 81.4 Å². The molecule has 1 aliphatic rings. The number of nitrogen functional groups attached to an aromatic ring is 1. The summed E-state index contributed by atoms with van der Waals surface area (Å²) in [5.41, 5.74) is 6.36. The molecule has 0 unspecified atom stereocenters. The van der Waals surface area contributed by atoms with Crippen molar-refractivity contribution in [2.24, 2.45) is 5.92 Å². The van der Waals surface area contributed by atoms with E-state index in [0.29, 0.717) is 18.2 Å². The molecule has 126 valence electrons. The lowest BCUT2D eigenvalue weighted by Gasteiger charge is -2.22. The highest BCUT2D eigenvalue weighted by atomic mass is 79.9. The number of benzene rings is 1. The summed E-state index contributed by atoms with van der Waals surface area (Å²) in [6.07, 6.45) is 5.21. The zero-order valence-corrected chi connectivity index (χ0v) is 14.9. The van der Waals surface area contributed by atoms with Gasteiger partial charge in [-0.1, -0.05) is 35.2 Å². The number of hydrogen-bond acceptors (Lipinski definition) is 4. The summed E-state index contributed by atoms with van der Waals surface area (Å²) in [6.45, 7) is 2.22. The smallest absolute Gasteiger partial charge is 0.341 e. The minimum absolute atomic E-state index is 0.256. The zero-order chi connectivity index (χ0) is 16.8. The van der Waals surface area contributed by atoms with Gasteiger partial charge < -0.3 is 15.8 Å². The van der Waals surface area contributed by atoms with Gasteiger partial charge in [-0.05, 0) is 43.9 Å². The summed E-state index contributed by atoms with van der Waals surface area (Å²) >= 11 is 3.29. The molecule has 5 nitrogen and oxygen atoms in total. The Hall–Kier alpha value is -1.56. The number of ether oxygens (including phenoxy) is 1. The highest BCUT2D eigenvalue weighted by Gasteiger charge is 2.22. The van der Waals surface area contributed by atoms with Crippen LogP contribution in [0.4, 0.5) is 5.69 Å². The first kappa shape index (κ1) is 17.8. The molecule has 0 aliphatic heterocycles. The third-order valence-electron chi connectivity index (χ3n) is 4.18. The van der Waals surface area contributed by atoms with Crippen LogP contribution in [0.3, 0.4) is 0 Å². The molecule has 23 heavy (non-hydrogen) atoms. The molecule has 1 aromatic carbocycles. The van der Waals surface area contributed by atoms with E-state index >= 15 is 0 Å². The summed E-state index contributed by atoms with van der Waals surface area (Å²) in [7, 11) is 0. The molecule has 0 heterocycles. The molecular weight excluding hydrogens is 360 g/mol. The van der Waals surface area contributed by atoms with E-state index in [1.165, 1.54) is 19.3 Å². The number of rotatable bonds is 5. The van der Waals surface area contributed by atoms with E-state index in [4.69, 9.17) is 10.5 Å². The third-order valence-corrected chi connectivity index (χ3v) is 4.67. The van der Waals surface area contributed by atoms with E-state index in [1.54, 1.807) is 25.1 Å². The first-order valence-corrected chi connectivity index (χ1v) is 8.80. The molecule has 1 aliphatic carbocycles. The average molecular weight is 383 g/mol. The predicted octanol–water partition coefficient (Wildman–Crippen LogP) is 3.27. The van der Waals surface area contributed by atoms with Gasteiger partial charge in [0.25, 0.3) is 5.91 Å². The molecule has 1 atom stereocenters. The molecule has 6 heteroatoms. The quantitative estimate of drug-likeness (QED) is 0.604. The number of halogens is 1. The van der Waals surface area contributed by atoms with Crippen molar-refractivity contribution in [3.05, 3.63) is 28.2 Å². The van der Waals surface area contributed by atoms with Crippen LogP contribution in [-0.2, 0) is 9.53 Å². The van der Waals surface area contributed by atoms with Crippen molar-refractivity contribution in [1.29, 1.82) is 0 Å². The summed E-state index contributed by atoms with van der Waals surface area (Å²) in [5.74, 6) is -0.321. The van der Waals surface area contributed by atoms with Gasteiger partial charge in [0.1, 0.15) is 0 Å². The Labute approximate surface area is 145 Å². The van der Waals surface area contributed by atoms with Gasteiger partial charge in [-0.15, -0.1) is 0 Å². The fourth-order valence-corrected chi connectivity index (χ4v) is 3.12. The van der Waals surface area contributed by atoms with Gasteiger partial charge in [0.2, 0.25) is 0 Å². The molecule has 1 aromatic rings. The Morgan fingerprint density at radius 3 is 2.74 bits per heavy atom. The van der Waals surface area contributed by atoms with E-state index < -0.39 is 12.1 Å². The lowest BCUT2D eigenvalue weighted by molar-refractivity contribution is -0.129. The monoisotopic (exact) mass is 382 g/mol. The molecule has 0 bridgehead atoms. The summed E-state index contributed by atoms with van der Waals surface area (Å²) in [4.78, 5) is 24.2. The molecular formula is C17H23BrN2O3. The van der Waals surface area contributed by atoms with Crippen molar-refractivity contribution in [3.63, 3.8) is 0 Å². The highest BCUT2D eigenvalue weighted by Crippen LogP contribution is 2.23. The van der Waals surface area contributed by atoms with E-state index in [1.807, 2.05) is 0 Å².